The van der Waals surface area contributed by atoms with Crippen molar-refractivity contribution in [3.05, 3.63) is 24.3 Å². The molecular formula is C13H20N2O. The minimum Gasteiger partial charge on any atom is -0.397 e. The molecule has 2 N–H and O–H groups in total. The maximum atomic E-state index is 12.0. The van der Waals surface area contributed by atoms with E-state index in [0.29, 0.717) is 24.6 Å². The van der Waals surface area contributed by atoms with Gasteiger partial charge in [-0.1, -0.05) is 26.0 Å². The Kier molecular flexibility index (Phi) is 4.35. The average Bonchev–Trinajstić information content (AvgIpc) is 2.20. The van der Waals surface area contributed by atoms with Gasteiger partial charge in [-0.05, 0) is 25.0 Å². The van der Waals surface area contributed by atoms with Crippen molar-refractivity contribution in [2.45, 2.75) is 27.2 Å². The number of anilines is 2. The third kappa shape index (κ3) is 2.99. The molecule has 0 saturated heterocycles. The van der Waals surface area contributed by atoms with Crippen LogP contribution in [0.5, 0.6) is 0 Å². The fourth-order valence-corrected chi connectivity index (χ4v) is 1.67. The van der Waals surface area contributed by atoms with Crippen LogP contribution in [0.25, 0.3) is 0 Å². The van der Waals surface area contributed by atoms with Crippen LogP contribution in [0.1, 0.15) is 27.2 Å². The smallest absolute Gasteiger partial charge is 0.227 e. The van der Waals surface area contributed by atoms with Crippen LogP contribution in [0.3, 0.4) is 0 Å². The van der Waals surface area contributed by atoms with Gasteiger partial charge in [-0.2, -0.15) is 0 Å². The average molecular weight is 220 g/mol. The normalized spacial score (nSPS) is 10.5. The predicted octanol–water partition coefficient (Wildman–Crippen LogP) is 2.67. The zero-order valence-corrected chi connectivity index (χ0v) is 10.2. The Balaban J connectivity index is 2.90. The standard InChI is InChI=1S/C13H20N2O/c1-4-15(13(16)9-10(2)3)12-8-6-5-7-11(12)14/h5-8,10H,4,9,14H2,1-3H3. The van der Waals surface area contributed by atoms with Gasteiger partial charge in [-0.25, -0.2) is 0 Å². The summed E-state index contributed by atoms with van der Waals surface area (Å²) in [7, 11) is 0. The molecule has 0 aliphatic heterocycles. The van der Waals surface area contributed by atoms with Crippen molar-refractivity contribution >= 4 is 17.3 Å². The van der Waals surface area contributed by atoms with Crippen molar-refractivity contribution in [1.29, 1.82) is 0 Å². The molecule has 0 atom stereocenters. The SMILES string of the molecule is CCN(C(=O)CC(C)C)c1ccccc1N. The summed E-state index contributed by atoms with van der Waals surface area (Å²) in [5.41, 5.74) is 7.34. The molecule has 1 aromatic rings. The van der Waals surface area contributed by atoms with E-state index in [1.54, 1.807) is 4.90 Å². The summed E-state index contributed by atoms with van der Waals surface area (Å²) in [6.45, 7) is 6.70. The van der Waals surface area contributed by atoms with Gasteiger partial charge in [0.1, 0.15) is 0 Å². The Morgan fingerprint density at radius 3 is 2.50 bits per heavy atom. The summed E-state index contributed by atoms with van der Waals surface area (Å²) in [5, 5.41) is 0. The lowest BCUT2D eigenvalue weighted by molar-refractivity contribution is -0.119. The second-order valence-electron chi connectivity index (χ2n) is 4.29. The van der Waals surface area contributed by atoms with E-state index < -0.39 is 0 Å². The van der Waals surface area contributed by atoms with E-state index in [2.05, 4.69) is 0 Å². The second kappa shape index (κ2) is 5.54. The van der Waals surface area contributed by atoms with E-state index in [1.807, 2.05) is 45.0 Å². The molecule has 0 spiro atoms. The van der Waals surface area contributed by atoms with Gasteiger partial charge in [0.05, 0.1) is 11.4 Å². The Morgan fingerprint density at radius 1 is 1.38 bits per heavy atom. The second-order valence-corrected chi connectivity index (χ2v) is 4.29. The van der Waals surface area contributed by atoms with E-state index in [-0.39, 0.29) is 5.91 Å². The van der Waals surface area contributed by atoms with Gasteiger partial charge in [0.15, 0.2) is 0 Å². The van der Waals surface area contributed by atoms with Crippen LogP contribution in [-0.2, 0) is 4.79 Å². The van der Waals surface area contributed by atoms with Crippen molar-refractivity contribution in [3.8, 4) is 0 Å². The van der Waals surface area contributed by atoms with E-state index in [9.17, 15) is 4.79 Å². The third-order valence-electron chi connectivity index (χ3n) is 2.43. The lowest BCUT2D eigenvalue weighted by Crippen LogP contribution is -2.32. The summed E-state index contributed by atoms with van der Waals surface area (Å²) in [5.74, 6) is 0.502. The van der Waals surface area contributed by atoms with Gasteiger partial charge in [-0.3, -0.25) is 4.79 Å². The minimum atomic E-state index is 0.135. The van der Waals surface area contributed by atoms with Crippen LogP contribution in [0.15, 0.2) is 24.3 Å². The third-order valence-corrected chi connectivity index (χ3v) is 2.43. The summed E-state index contributed by atoms with van der Waals surface area (Å²) < 4.78 is 0. The Hall–Kier alpha value is -1.51. The molecular weight excluding hydrogens is 200 g/mol. The van der Waals surface area contributed by atoms with Crippen LogP contribution >= 0.6 is 0 Å². The Labute approximate surface area is 97.2 Å². The van der Waals surface area contributed by atoms with Crippen LogP contribution in [0.4, 0.5) is 11.4 Å². The molecule has 0 bridgehead atoms. The lowest BCUT2D eigenvalue weighted by atomic mass is 10.1. The van der Waals surface area contributed by atoms with Crippen LogP contribution < -0.4 is 10.6 Å². The first-order valence-corrected chi connectivity index (χ1v) is 5.71. The maximum Gasteiger partial charge on any atom is 0.227 e. The summed E-state index contributed by atoms with van der Waals surface area (Å²) >= 11 is 0. The zero-order chi connectivity index (χ0) is 12.1. The molecule has 3 heteroatoms. The Bertz CT molecular complexity index is 361. The first-order chi connectivity index (χ1) is 7.56. The quantitative estimate of drug-likeness (QED) is 0.793. The first-order valence-electron chi connectivity index (χ1n) is 5.71. The maximum absolute atomic E-state index is 12.0. The molecule has 0 aliphatic rings. The largest absolute Gasteiger partial charge is 0.397 e. The number of nitrogen functional groups attached to an aromatic ring is 1. The highest BCUT2D eigenvalue weighted by molar-refractivity contribution is 5.96. The lowest BCUT2D eigenvalue weighted by Gasteiger charge is -2.23. The van der Waals surface area contributed by atoms with Crippen molar-refractivity contribution in [1.82, 2.24) is 0 Å². The highest BCUT2D eigenvalue weighted by Gasteiger charge is 2.16. The molecule has 3 nitrogen and oxygen atoms in total. The molecule has 88 valence electrons. The fourth-order valence-electron chi connectivity index (χ4n) is 1.67. The number of benzene rings is 1. The van der Waals surface area contributed by atoms with Crippen LogP contribution in [0, 0.1) is 5.92 Å². The number of hydrogen-bond acceptors (Lipinski definition) is 2. The molecule has 0 radical (unpaired) electrons. The van der Waals surface area contributed by atoms with Crippen molar-refractivity contribution in [3.63, 3.8) is 0 Å². The van der Waals surface area contributed by atoms with Gasteiger partial charge in [0.25, 0.3) is 0 Å². The van der Waals surface area contributed by atoms with Gasteiger partial charge >= 0.3 is 0 Å². The molecule has 0 heterocycles. The fraction of sp³-hybridized carbons (Fsp3) is 0.462. The topological polar surface area (TPSA) is 46.3 Å². The van der Waals surface area contributed by atoms with E-state index in [0.717, 1.165) is 5.69 Å². The highest BCUT2D eigenvalue weighted by Crippen LogP contribution is 2.23. The molecule has 1 amide bonds. The number of hydrogen-bond donors (Lipinski definition) is 1. The highest BCUT2D eigenvalue weighted by atomic mass is 16.2. The predicted molar refractivity (Wildman–Crippen MR) is 68.3 cm³/mol. The molecule has 0 fully saturated rings. The van der Waals surface area contributed by atoms with Gasteiger partial charge < -0.3 is 10.6 Å². The minimum absolute atomic E-state index is 0.135. The number of para-hydroxylation sites is 2. The van der Waals surface area contributed by atoms with E-state index in [1.165, 1.54) is 0 Å². The number of carbonyl (C=O) groups excluding carboxylic acids is 1. The molecule has 0 aliphatic carbocycles. The van der Waals surface area contributed by atoms with Crippen molar-refractivity contribution in [2.24, 2.45) is 5.92 Å². The number of amides is 1. The summed E-state index contributed by atoms with van der Waals surface area (Å²) in [6, 6.07) is 7.48. The van der Waals surface area contributed by atoms with Crippen LogP contribution in [-0.4, -0.2) is 12.5 Å². The monoisotopic (exact) mass is 220 g/mol. The van der Waals surface area contributed by atoms with Gasteiger partial charge in [0, 0.05) is 13.0 Å². The molecule has 0 unspecified atom stereocenters. The number of nitrogens with zero attached hydrogens (tertiary/aromatic N) is 1. The van der Waals surface area contributed by atoms with Crippen LogP contribution in [0.2, 0.25) is 0 Å². The number of rotatable bonds is 4. The molecule has 1 aromatic carbocycles. The van der Waals surface area contributed by atoms with E-state index in [4.69, 9.17) is 5.73 Å². The zero-order valence-electron chi connectivity index (χ0n) is 10.2. The summed E-state index contributed by atoms with van der Waals surface area (Å²) in [4.78, 5) is 13.8. The number of carbonyl (C=O) groups is 1. The van der Waals surface area contributed by atoms with Crippen molar-refractivity contribution in [2.75, 3.05) is 17.2 Å². The first kappa shape index (κ1) is 12.6. The van der Waals surface area contributed by atoms with E-state index >= 15 is 0 Å². The Morgan fingerprint density at radius 2 is 2.00 bits per heavy atom. The van der Waals surface area contributed by atoms with Gasteiger partial charge in [0.2, 0.25) is 5.91 Å². The number of nitrogens with two attached hydrogens (primary N) is 1. The molecule has 0 saturated carbocycles. The van der Waals surface area contributed by atoms with Gasteiger partial charge in [-0.15, -0.1) is 0 Å². The molecule has 0 aromatic heterocycles. The van der Waals surface area contributed by atoms with Crippen molar-refractivity contribution < 1.29 is 4.79 Å². The molecule has 16 heavy (non-hydrogen) atoms. The molecule has 1 rings (SSSR count). The summed E-state index contributed by atoms with van der Waals surface area (Å²) in [6.07, 6.45) is 0.558.